The first-order valence-electron chi connectivity index (χ1n) is 5.23. The Morgan fingerprint density at radius 1 is 1.50 bits per heavy atom. The van der Waals surface area contributed by atoms with Gasteiger partial charge in [0.25, 0.3) is 0 Å². The van der Waals surface area contributed by atoms with Crippen LogP contribution in [0.1, 0.15) is 37.4 Å². The molecule has 0 aromatic carbocycles. The lowest BCUT2D eigenvalue weighted by molar-refractivity contribution is -0.0951. The Kier molecular flexibility index (Phi) is 2.55. The van der Waals surface area contributed by atoms with Gasteiger partial charge in [0.1, 0.15) is 0 Å². The predicted molar refractivity (Wildman–Crippen MR) is 56.0 cm³/mol. The van der Waals surface area contributed by atoms with Crippen molar-refractivity contribution in [2.75, 3.05) is 0 Å². The molecule has 0 radical (unpaired) electrons. The second kappa shape index (κ2) is 3.70. The van der Waals surface area contributed by atoms with Crippen molar-refractivity contribution in [2.24, 2.45) is 0 Å². The van der Waals surface area contributed by atoms with Crippen LogP contribution in [0, 0.1) is 6.92 Å². The number of hydrogen-bond donors (Lipinski definition) is 0. The highest BCUT2D eigenvalue weighted by Crippen LogP contribution is 2.35. The summed E-state index contributed by atoms with van der Waals surface area (Å²) in [6.07, 6.45) is 5.57. The second-order valence-corrected chi connectivity index (χ2v) is 4.40. The van der Waals surface area contributed by atoms with Crippen LogP contribution in [0.15, 0.2) is 18.3 Å². The van der Waals surface area contributed by atoms with E-state index in [1.807, 2.05) is 19.2 Å². The lowest BCUT2D eigenvalue weighted by Gasteiger charge is -2.38. The Hall–Kier alpha value is -0.890. The molecular weight excluding hydrogens is 174 g/mol. The zero-order chi connectivity index (χ0) is 10.0. The molecule has 76 valence electrons. The summed E-state index contributed by atoms with van der Waals surface area (Å²) in [5, 5.41) is 0. The topological polar surface area (TPSA) is 22.1 Å². The van der Waals surface area contributed by atoms with Crippen LogP contribution in [0.25, 0.3) is 0 Å². The molecule has 14 heavy (non-hydrogen) atoms. The molecule has 0 unspecified atom stereocenters. The van der Waals surface area contributed by atoms with Gasteiger partial charge < -0.3 is 4.74 Å². The Bertz CT molecular complexity index is 318. The molecule has 1 heterocycles. The summed E-state index contributed by atoms with van der Waals surface area (Å²) in [6, 6.07) is 4.11. The third-order valence-corrected chi connectivity index (χ3v) is 2.96. The lowest BCUT2D eigenvalue weighted by atomic mass is 9.82. The minimum atomic E-state index is 0.150. The van der Waals surface area contributed by atoms with Gasteiger partial charge in [-0.15, -0.1) is 0 Å². The van der Waals surface area contributed by atoms with Crippen LogP contribution in [0.5, 0.6) is 0 Å². The maximum absolute atomic E-state index is 5.88. The van der Waals surface area contributed by atoms with E-state index in [-0.39, 0.29) is 5.60 Å². The molecule has 0 N–H and O–H groups in total. The Morgan fingerprint density at radius 3 is 2.86 bits per heavy atom. The van der Waals surface area contributed by atoms with Gasteiger partial charge in [0, 0.05) is 11.9 Å². The first-order chi connectivity index (χ1) is 6.68. The van der Waals surface area contributed by atoms with E-state index in [9.17, 15) is 0 Å². The smallest absolute Gasteiger partial charge is 0.0725 e. The average molecular weight is 191 g/mol. The second-order valence-electron chi connectivity index (χ2n) is 4.40. The van der Waals surface area contributed by atoms with Crippen molar-refractivity contribution in [1.82, 2.24) is 4.98 Å². The van der Waals surface area contributed by atoms with E-state index in [4.69, 9.17) is 4.74 Å². The van der Waals surface area contributed by atoms with Crippen molar-refractivity contribution in [3.05, 3.63) is 29.6 Å². The maximum atomic E-state index is 5.88. The highest BCUT2D eigenvalue weighted by Gasteiger charge is 2.32. The zero-order valence-corrected chi connectivity index (χ0v) is 8.92. The number of pyridine rings is 1. The fourth-order valence-electron chi connectivity index (χ4n) is 1.77. The molecule has 1 aliphatic carbocycles. The van der Waals surface area contributed by atoms with Gasteiger partial charge in [-0.1, -0.05) is 0 Å². The van der Waals surface area contributed by atoms with Crippen molar-refractivity contribution in [1.29, 1.82) is 0 Å². The van der Waals surface area contributed by atoms with E-state index in [0.717, 1.165) is 12.3 Å². The molecule has 2 heteroatoms. The molecule has 1 aromatic rings. The highest BCUT2D eigenvalue weighted by atomic mass is 16.5. The quantitative estimate of drug-likeness (QED) is 0.733. The van der Waals surface area contributed by atoms with Gasteiger partial charge in [-0.05, 0) is 50.8 Å². The van der Waals surface area contributed by atoms with Gasteiger partial charge in [0.15, 0.2) is 0 Å². The zero-order valence-electron chi connectivity index (χ0n) is 8.92. The number of nitrogens with zero attached hydrogens (tertiary/aromatic N) is 1. The number of aryl methyl sites for hydroxylation is 1. The van der Waals surface area contributed by atoms with Crippen LogP contribution in [-0.2, 0) is 11.3 Å². The van der Waals surface area contributed by atoms with Crippen molar-refractivity contribution in [2.45, 2.75) is 45.3 Å². The largest absolute Gasteiger partial charge is 0.371 e. The summed E-state index contributed by atoms with van der Waals surface area (Å²) >= 11 is 0. The van der Waals surface area contributed by atoms with Crippen LogP contribution in [-0.4, -0.2) is 10.6 Å². The maximum Gasteiger partial charge on any atom is 0.0725 e. The summed E-state index contributed by atoms with van der Waals surface area (Å²) in [4.78, 5) is 4.16. The summed E-state index contributed by atoms with van der Waals surface area (Å²) in [7, 11) is 0. The molecule has 0 aliphatic heterocycles. The molecule has 2 nitrogen and oxygen atoms in total. The van der Waals surface area contributed by atoms with Crippen LogP contribution in [0.4, 0.5) is 0 Å². The van der Waals surface area contributed by atoms with E-state index in [1.165, 1.54) is 24.8 Å². The van der Waals surface area contributed by atoms with Crippen LogP contribution in [0.3, 0.4) is 0 Å². The molecule has 0 saturated heterocycles. The van der Waals surface area contributed by atoms with Gasteiger partial charge in [-0.2, -0.15) is 0 Å². The molecule has 1 aliphatic rings. The highest BCUT2D eigenvalue weighted by molar-refractivity contribution is 5.14. The standard InChI is InChI=1S/C12H17NO/c1-10-8-11(4-7-13-10)9-14-12(2)5-3-6-12/h4,7-8H,3,5-6,9H2,1-2H3. The van der Waals surface area contributed by atoms with Crippen LogP contribution in [0.2, 0.25) is 0 Å². The summed E-state index contributed by atoms with van der Waals surface area (Å²) in [5.74, 6) is 0. The summed E-state index contributed by atoms with van der Waals surface area (Å²) in [6.45, 7) is 4.93. The van der Waals surface area contributed by atoms with Crippen LogP contribution < -0.4 is 0 Å². The van der Waals surface area contributed by atoms with E-state index >= 15 is 0 Å². The third-order valence-electron chi connectivity index (χ3n) is 2.96. The first kappa shape index (κ1) is 9.66. The number of hydrogen-bond acceptors (Lipinski definition) is 2. The minimum Gasteiger partial charge on any atom is -0.371 e. The third kappa shape index (κ3) is 2.13. The van der Waals surface area contributed by atoms with E-state index in [1.54, 1.807) is 0 Å². The van der Waals surface area contributed by atoms with Gasteiger partial charge in [-0.3, -0.25) is 4.98 Å². The minimum absolute atomic E-state index is 0.150. The van der Waals surface area contributed by atoms with E-state index in [0.29, 0.717) is 0 Å². The predicted octanol–water partition coefficient (Wildman–Crippen LogP) is 2.85. The van der Waals surface area contributed by atoms with Gasteiger partial charge in [-0.25, -0.2) is 0 Å². The normalized spacial score (nSPS) is 19.0. The van der Waals surface area contributed by atoms with Crippen molar-refractivity contribution < 1.29 is 4.74 Å². The molecule has 0 atom stereocenters. The molecule has 1 aromatic heterocycles. The Balaban J connectivity index is 1.91. The molecular formula is C12H17NO. The molecule has 1 fully saturated rings. The summed E-state index contributed by atoms with van der Waals surface area (Å²) < 4.78 is 5.88. The number of ether oxygens (including phenoxy) is 1. The number of aromatic nitrogens is 1. The Morgan fingerprint density at radius 2 is 2.29 bits per heavy atom. The van der Waals surface area contributed by atoms with Gasteiger partial charge in [0.2, 0.25) is 0 Å². The van der Waals surface area contributed by atoms with Gasteiger partial charge in [0.05, 0.1) is 12.2 Å². The van der Waals surface area contributed by atoms with Crippen LogP contribution >= 0.6 is 0 Å². The molecule has 0 amide bonds. The fraction of sp³-hybridized carbons (Fsp3) is 0.583. The Labute approximate surface area is 85.3 Å². The van der Waals surface area contributed by atoms with E-state index in [2.05, 4.69) is 18.0 Å². The summed E-state index contributed by atoms with van der Waals surface area (Å²) in [5.41, 5.74) is 2.44. The van der Waals surface area contributed by atoms with E-state index < -0.39 is 0 Å². The van der Waals surface area contributed by atoms with Gasteiger partial charge >= 0.3 is 0 Å². The fourth-order valence-corrected chi connectivity index (χ4v) is 1.77. The van der Waals surface area contributed by atoms with Crippen molar-refractivity contribution >= 4 is 0 Å². The molecule has 0 bridgehead atoms. The van der Waals surface area contributed by atoms with Crippen molar-refractivity contribution in [3.8, 4) is 0 Å². The number of rotatable bonds is 3. The average Bonchev–Trinajstić information content (AvgIpc) is 2.12. The SMILES string of the molecule is Cc1cc(COC2(C)CCC2)ccn1. The first-order valence-corrected chi connectivity index (χ1v) is 5.23. The molecule has 0 spiro atoms. The monoisotopic (exact) mass is 191 g/mol. The molecule has 2 rings (SSSR count). The molecule has 1 saturated carbocycles. The lowest BCUT2D eigenvalue weighted by Crippen LogP contribution is -2.36. The van der Waals surface area contributed by atoms with Crippen molar-refractivity contribution in [3.63, 3.8) is 0 Å².